The summed E-state index contributed by atoms with van der Waals surface area (Å²) in [6.07, 6.45) is 1.85. The van der Waals surface area contributed by atoms with Crippen molar-refractivity contribution < 1.29 is 14.3 Å². The van der Waals surface area contributed by atoms with E-state index in [-0.39, 0.29) is 18.4 Å². The molecule has 1 saturated heterocycles. The minimum Gasteiger partial charge on any atom is -0.484 e. The number of amides is 2. The number of hydrogen-bond acceptors (Lipinski definition) is 3. The van der Waals surface area contributed by atoms with Gasteiger partial charge in [-0.15, -0.1) is 0 Å². The van der Waals surface area contributed by atoms with Gasteiger partial charge in [0.1, 0.15) is 5.75 Å². The molecule has 120 valence electrons. The third-order valence-corrected chi connectivity index (χ3v) is 4.50. The molecule has 0 aromatic heterocycles. The van der Waals surface area contributed by atoms with E-state index >= 15 is 0 Å². The zero-order valence-electron chi connectivity index (χ0n) is 12.7. The monoisotopic (exact) mass is 416 g/mol. The van der Waals surface area contributed by atoms with Gasteiger partial charge >= 0.3 is 0 Å². The molecule has 0 radical (unpaired) electrons. The molecule has 0 aliphatic carbocycles. The molecule has 6 heteroatoms. The van der Waals surface area contributed by atoms with Gasteiger partial charge in [-0.2, -0.15) is 0 Å². The average Bonchev–Trinajstić information content (AvgIpc) is 2.52. The highest BCUT2D eigenvalue weighted by atomic mass is 127. The molecular weight excluding hydrogens is 395 g/mol. The summed E-state index contributed by atoms with van der Waals surface area (Å²) in [7, 11) is 0. The van der Waals surface area contributed by atoms with Crippen molar-refractivity contribution in [1.82, 2.24) is 10.2 Å². The summed E-state index contributed by atoms with van der Waals surface area (Å²) in [5, 5.41) is 2.84. The summed E-state index contributed by atoms with van der Waals surface area (Å²) in [6, 6.07) is 7.64. The van der Waals surface area contributed by atoms with Crippen molar-refractivity contribution in [3.63, 3.8) is 0 Å². The van der Waals surface area contributed by atoms with Crippen LogP contribution in [-0.4, -0.2) is 43.0 Å². The van der Waals surface area contributed by atoms with Crippen LogP contribution >= 0.6 is 22.6 Å². The van der Waals surface area contributed by atoms with Crippen molar-refractivity contribution in [1.29, 1.82) is 0 Å². The van der Waals surface area contributed by atoms with Crippen LogP contribution in [0.25, 0.3) is 0 Å². The van der Waals surface area contributed by atoms with E-state index in [2.05, 4.69) is 27.9 Å². The molecule has 0 saturated carbocycles. The molecule has 0 spiro atoms. The minimum absolute atomic E-state index is 0.00410. The lowest BCUT2D eigenvalue weighted by Gasteiger charge is -2.32. The van der Waals surface area contributed by atoms with Gasteiger partial charge in [0.15, 0.2) is 6.61 Å². The van der Waals surface area contributed by atoms with Crippen molar-refractivity contribution in [2.75, 3.05) is 26.2 Å². The SMILES string of the molecule is CC(=O)NCC1CCN(C(=O)COc2ccc(I)cc2)CC1. The molecule has 1 heterocycles. The lowest BCUT2D eigenvalue weighted by atomic mass is 9.97. The van der Waals surface area contributed by atoms with Crippen LogP contribution in [-0.2, 0) is 9.59 Å². The summed E-state index contributed by atoms with van der Waals surface area (Å²) in [5.74, 6) is 1.21. The maximum Gasteiger partial charge on any atom is 0.260 e. The molecule has 1 N–H and O–H groups in total. The first-order valence-electron chi connectivity index (χ1n) is 7.45. The third-order valence-electron chi connectivity index (χ3n) is 3.78. The van der Waals surface area contributed by atoms with Crippen molar-refractivity contribution in [2.24, 2.45) is 5.92 Å². The Morgan fingerprint density at radius 3 is 2.50 bits per heavy atom. The fraction of sp³-hybridized carbons (Fsp3) is 0.500. The van der Waals surface area contributed by atoms with Gasteiger partial charge in [-0.3, -0.25) is 9.59 Å². The molecule has 1 aromatic carbocycles. The first kappa shape index (κ1) is 17.1. The van der Waals surface area contributed by atoms with Gasteiger partial charge in [-0.05, 0) is 65.6 Å². The zero-order valence-corrected chi connectivity index (χ0v) is 14.8. The summed E-state index contributed by atoms with van der Waals surface area (Å²) in [6.45, 7) is 3.78. The Hall–Kier alpha value is -1.31. The second-order valence-corrected chi connectivity index (χ2v) is 6.75. The Bertz CT molecular complexity index is 511. The normalized spacial score (nSPS) is 15.5. The topological polar surface area (TPSA) is 58.6 Å². The van der Waals surface area contributed by atoms with Crippen LogP contribution in [0, 0.1) is 9.49 Å². The van der Waals surface area contributed by atoms with E-state index < -0.39 is 0 Å². The number of likely N-dealkylation sites (tertiary alicyclic amines) is 1. The highest BCUT2D eigenvalue weighted by molar-refractivity contribution is 14.1. The number of nitrogens with zero attached hydrogens (tertiary/aromatic N) is 1. The molecule has 2 amide bonds. The number of hydrogen-bond donors (Lipinski definition) is 1. The van der Waals surface area contributed by atoms with Crippen LogP contribution in [0.5, 0.6) is 5.75 Å². The van der Waals surface area contributed by atoms with Gasteiger partial charge < -0.3 is 15.0 Å². The van der Waals surface area contributed by atoms with Crippen molar-refractivity contribution in [3.05, 3.63) is 27.8 Å². The smallest absolute Gasteiger partial charge is 0.260 e. The number of carbonyl (C=O) groups is 2. The highest BCUT2D eigenvalue weighted by Crippen LogP contribution is 2.17. The van der Waals surface area contributed by atoms with E-state index in [9.17, 15) is 9.59 Å². The van der Waals surface area contributed by atoms with Crippen molar-refractivity contribution >= 4 is 34.4 Å². The number of benzene rings is 1. The summed E-state index contributed by atoms with van der Waals surface area (Å²) < 4.78 is 6.67. The van der Waals surface area contributed by atoms with Crippen molar-refractivity contribution in [2.45, 2.75) is 19.8 Å². The van der Waals surface area contributed by atoms with E-state index in [1.807, 2.05) is 29.2 Å². The lowest BCUT2D eigenvalue weighted by Crippen LogP contribution is -2.43. The number of rotatable bonds is 5. The fourth-order valence-corrected chi connectivity index (χ4v) is 2.80. The minimum atomic E-state index is 0.00410. The van der Waals surface area contributed by atoms with E-state index in [1.54, 1.807) is 0 Å². The molecule has 0 bridgehead atoms. The quantitative estimate of drug-likeness (QED) is 0.748. The van der Waals surface area contributed by atoms with Crippen molar-refractivity contribution in [3.8, 4) is 5.75 Å². The molecule has 22 heavy (non-hydrogen) atoms. The van der Waals surface area contributed by atoms with E-state index in [0.717, 1.165) is 29.5 Å². The zero-order chi connectivity index (χ0) is 15.9. The largest absolute Gasteiger partial charge is 0.484 e. The van der Waals surface area contributed by atoms with Crippen LogP contribution in [0.15, 0.2) is 24.3 Å². The first-order valence-corrected chi connectivity index (χ1v) is 8.53. The predicted octanol–water partition coefficient (Wildman–Crippen LogP) is 2.04. The molecule has 5 nitrogen and oxygen atoms in total. The van der Waals surface area contributed by atoms with Gasteiger partial charge in [-0.25, -0.2) is 0 Å². The number of piperidine rings is 1. The van der Waals surface area contributed by atoms with Crippen LogP contribution < -0.4 is 10.1 Å². The molecule has 2 rings (SSSR count). The van der Waals surface area contributed by atoms with Crippen LogP contribution in [0.2, 0.25) is 0 Å². The Morgan fingerprint density at radius 2 is 1.91 bits per heavy atom. The van der Waals surface area contributed by atoms with Crippen LogP contribution in [0.1, 0.15) is 19.8 Å². The Balaban J connectivity index is 1.70. The molecule has 1 fully saturated rings. The van der Waals surface area contributed by atoms with E-state index in [1.165, 1.54) is 6.92 Å². The number of carbonyl (C=O) groups excluding carboxylic acids is 2. The van der Waals surface area contributed by atoms with Gasteiger partial charge in [0.2, 0.25) is 5.91 Å². The molecule has 0 unspecified atom stereocenters. The Labute approximate surface area is 144 Å². The molecule has 0 atom stereocenters. The van der Waals surface area contributed by atoms with Gasteiger partial charge in [0.05, 0.1) is 0 Å². The second kappa shape index (κ2) is 8.36. The Morgan fingerprint density at radius 1 is 1.27 bits per heavy atom. The van der Waals surface area contributed by atoms with Crippen LogP contribution in [0.4, 0.5) is 0 Å². The van der Waals surface area contributed by atoms with Gasteiger partial charge in [0, 0.05) is 30.1 Å². The van der Waals surface area contributed by atoms with E-state index in [4.69, 9.17) is 4.74 Å². The van der Waals surface area contributed by atoms with Gasteiger partial charge in [0.25, 0.3) is 5.91 Å². The average molecular weight is 416 g/mol. The fourth-order valence-electron chi connectivity index (χ4n) is 2.44. The summed E-state index contributed by atoms with van der Waals surface area (Å²) >= 11 is 2.23. The maximum absolute atomic E-state index is 12.1. The Kier molecular flexibility index (Phi) is 6.48. The number of ether oxygens (including phenoxy) is 1. The van der Waals surface area contributed by atoms with E-state index in [0.29, 0.717) is 18.2 Å². The second-order valence-electron chi connectivity index (χ2n) is 5.50. The summed E-state index contributed by atoms with van der Waals surface area (Å²) in [4.78, 5) is 24.9. The molecule has 1 aliphatic heterocycles. The molecular formula is C16H21IN2O3. The third kappa shape index (κ3) is 5.47. The van der Waals surface area contributed by atoms with Crippen LogP contribution in [0.3, 0.4) is 0 Å². The molecule has 1 aromatic rings. The first-order chi connectivity index (χ1) is 10.5. The summed E-state index contributed by atoms with van der Waals surface area (Å²) in [5.41, 5.74) is 0. The standard InChI is InChI=1S/C16H21IN2O3/c1-12(20)18-10-13-6-8-19(9-7-13)16(21)11-22-15-4-2-14(17)3-5-15/h2-5,13H,6-11H2,1H3,(H,18,20). The lowest BCUT2D eigenvalue weighted by molar-refractivity contribution is -0.134. The molecule has 1 aliphatic rings. The van der Waals surface area contributed by atoms with Gasteiger partial charge in [-0.1, -0.05) is 0 Å². The maximum atomic E-state index is 12.1. The number of nitrogens with one attached hydrogen (secondary N) is 1. The number of halogens is 1. The predicted molar refractivity (Wildman–Crippen MR) is 92.6 cm³/mol. The highest BCUT2D eigenvalue weighted by Gasteiger charge is 2.23.